The van der Waals surface area contributed by atoms with Gasteiger partial charge in [0.25, 0.3) is 0 Å². The van der Waals surface area contributed by atoms with E-state index in [0.29, 0.717) is 42.1 Å². The van der Waals surface area contributed by atoms with E-state index in [9.17, 15) is 18.0 Å². The number of halogens is 3. The standard InChI is InChI=1S/C32H40F3N7O5/c1-18(19-5-8-41(9-6-19)30-39-28(40-47-30)20-7-10-44-17-20)45-21-13-36-29(37-14-21)42-15-23(22-11-25(34)26(35)12-24(22)33)27(16-42)38-31(43)46-32(2,3)4/h11-14,18-20,23,27H,5-10,15-17H2,1-4H3,(H,38,43)/t18-,20+,23+,27-/m0/s1. The molecule has 3 aliphatic rings. The van der Waals surface area contributed by atoms with Gasteiger partial charge in [-0.2, -0.15) is 4.98 Å². The van der Waals surface area contributed by atoms with Crippen LogP contribution >= 0.6 is 0 Å². The topological polar surface area (TPSA) is 128 Å². The highest BCUT2D eigenvalue weighted by atomic mass is 19.2. The van der Waals surface area contributed by atoms with Crippen LogP contribution < -0.4 is 19.9 Å². The first kappa shape index (κ1) is 32.8. The van der Waals surface area contributed by atoms with Crippen molar-refractivity contribution in [1.29, 1.82) is 0 Å². The van der Waals surface area contributed by atoms with E-state index in [-0.39, 0.29) is 30.7 Å². The van der Waals surface area contributed by atoms with Gasteiger partial charge in [0.05, 0.1) is 31.1 Å². The molecule has 0 spiro atoms. The van der Waals surface area contributed by atoms with E-state index in [4.69, 9.17) is 18.7 Å². The highest BCUT2D eigenvalue weighted by Crippen LogP contribution is 2.34. The molecule has 0 radical (unpaired) electrons. The molecule has 1 aromatic carbocycles. The summed E-state index contributed by atoms with van der Waals surface area (Å²) in [5.74, 6) is -2.08. The number of piperidine rings is 1. The Morgan fingerprint density at radius 1 is 1.02 bits per heavy atom. The van der Waals surface area contributed by atoms with E-state index in [1.54, 1.807) is 38.1 Å². The zero-order chi connectivity index (χ0) is 33.3. The lowest BCUT2D eigenvalue weighted by Gasteiger charge is -2.33. The van der Waals surface area contributed by atoms with Crippen molar-refractivity contribution in [3.63, 3.8) is 0 Å². The van der Waals surface area contributed by atoms with E-state index in [0.717, 1.165) is 45.0 Å². The van der Waals surface area contributed by atoms with Crippen molar-refractivity contribution < 1.29 is 36.7 Å². The van der Waals surface area contributed by atoms with Crippen LogP contribution in [-0.2, 0) is 9.47 Å². The Morgan fingerprint density at radius 3 is 2.43 bits per heavy atom. The molecule has 2 aromatic heterocycles. The fourth-order valence-electron chi connectivity index (χ4n) is 6.37. The van der Waals surface area contributed by atoms with Crippen LogP contribution in [0.25, 0.3) is 0 Å². The SMILES string of the molecule is C[C@H](Oc1cnc(N2C[C@H](NC(=O)OC(C)(C)C)[C@@H](c3cc(F)c(F)cc3F)C2)nc1)C1CCN(c2nc([C@@H]3CCOC3)no2)CC1. The Bertz CT molecular complexity index is 1540. The third kappa shape index (κ3) is 7.71. The monoisotopic (exact) mass is 659 g/mol. The first-order valence-electron chi connectivity index (χ1n) is 16.0. The normalized spacial score (nSPS) is 22.8. The van der Waals surface area contributed by atoms with Crippen LogP contribution in [0.15, 0.2) is 29.0 Å². The minimum atomic E-state index is -1.28. The van der Waals surface area contributed by atoms with Crippen molar-refractivity contribution in [2.75, 3.05) is 49.2 Å². The molecule has 1 amide bonds. The number of nitrogens with zero attached hydrogens (tertiary/aromatic N) is 6. The number of carbonyl (C=O) groups is 1. The summed E-state index contributed by atoms with van der Waals surface area (Å²) in [7, 11) is 0. The summed E-state index contributed by atoms with van der Waals surface area (Å²) in [6, 6.07) is 1.20. The van der Waals surface area contributed by atoms with Gasteiger partial charge < -0.3 is 33.9 Å². The molecule has 3 aromatic rings. The summed E-state index contributed by atoms with van der Waals surface area (Å²) in [4.78, 5) is 30.0. The first-order chi connectivity index (χ1) is 22.4. The molecule has 6 rings (SSSR count). The molecule has 5 heterocycles. The van der Waals surface area contributed by atoms with Gasteiger partial charge in [0.15, 0.2) is 23.2 Å². The highest BCUT2D eigenvalue weighted by Gasteiger charge is 2.39. The van der Waals surface area contributed by atoms with Crippen molar-refractivity contribution in [2.45, 2.75) is 76.5 Å². The van der Waals surface area contributed by atoms with Crippen LogP contribution in [-0.4, -0.2) is 83.3 Å². The smallest absolute Gasteiger partial charge is 0.407 e. The van der Waals surface area contributed by atoms with Crippen LogP contribution in [0.3, 0.4) is 0 Å². The van der Waals surface area contributed by atoms with Gasteiger partial charge in [-0.05, 0) is 64.5 Å². The third-order valence-electron chi connectivity index (χ3n) is 8.88. The van der Waals surface area contributed by atoms with Crippen molar-refractivity contribution >= 4 is 18.1 Å². The van der Waals surface area contributed by atoms with Gasteiger partial charge in [-0.1, -0.05) is 5.16 Å². The Morgan fingerprint density at radius 2 is 1.74 bits per heavy atom. The lowest BCUT2D eigenvalue weighted by molar-refractivity contribution is 0.0504. The third-order valence-corrected chi connectivity index (χ3v) is 8.88. The van der Waals surface area contributed by atoms with Crippen molar-refractivity contribution in [3.05, 3.63) is 53.4 Å². The number of carbonyl (C=O) groups excluding carboxylic acids is 1. The average molecular weight is 660 g/mol. The Labute approximate surface area is 271 Å². The molecule has 47 heavy (non-hydrogen) atoms. The Kier molecular flexibility index (Phi) is 9.44. The molecule has 4 atom stereocenters. The van der Waals surface area contributed by atoms with Crippen LogP contribution in [0, 0.1) is 23.4 Å². The average Bonchev–Trinajstić information content (AvgIpc) is 3.80. The predicted molar refractivity (Wildman–Crippen MR) is 164 cm³/mol. The van der Waals surface area contributed by atoms with Gasteiger partial charge in [0.2, 0.25) is 5.95 Å². The van der Waals surface area contributed by atoms with E-state index in [1.807, 2.05) is 6.92 Å². The minimum absolute atomic E-state index is 0.0600. The van der Waals surface area contributed by atoms with Crippen LogP contribution in [0.2, 0.25) is 0 Å². The second-order valence-electron chi connectivity index (χ2n) is 13.4. The van der Waals surface area contributed by atoms with Gasteiger partial charge in [-0.25, -0.2) is 27.9 Å². The number of ether oxygens (including phenoxy) is 3. The fourth-order valence-corrected chi connectivity index (χ4v) is 6.37. The number of rotatable bonds is 8. The van der Waals surface area contributed by atoms with Gasteiger partial charge >= 0.3 is 12.1 Å². The molecule has 254 valence electrons. The molecular weight excluding hydrogens is 619 g/mol. The molecule has 3 fully saturated rings. The maximum Gasteiger partial charge on any atom is 0.407 e. The molecule has 12 nitrogen and oxygen atoms in total. The first-order valence-corrected chi connectivity index (χ1v) is 16.0. The minimum Gasteiger partial charge on any atom is -0.487 e. The molecule has 1 N–H and O–H groups in total. The molecule has 15 heteroatoms. The Hall–Kier alpha value is -4.14. The van der Waals surface area contributed by atoms with Crippen molar-refractivity contribution in [2.24, 2.45) is 5.92 Å². The lowest BCUT2D eigenvalue weighted by Crippen LogP contribution is -2.43. The summed E-state index contributed by atoms with van der Waals surface area (Å²) in [6.07, 6.45) is 5.00. The summed E-state index contributed by atoms with van der Waals surface area (Å²) in [6.45, 7) is 10.4. The van der Waals surface area contributed by atoms with Crippen molar-refractivity contribution in [1.82, 2.24) is 25.4 Å². The highest BCUT2D eigenvalue weighted by molar-refractivity contribution is 5.68. The lowest BCUT2D eigenvalue weighted by atomic mass is 9.92. The van der Waals surface area contributed by atoms with E-state index < -0.39 is 41.1 Å². The summed E-state index contributed by atoms with van der Waals surface area (Å²) < 4.78 is 65.3. The molecule has 3 aliphatic heterocycles. The summed E-state index contributed by atoms with van der Waals surface area (Å²) in [5, 5.41) is 6.92. The van der Waals surface area contributed by atoms with Gasteiger partial charge in [-0.15, -0.1) is 0 Å². The molecule has 3 saturated heterocycles. The van der Waals surface area contributed by atoms with Crippen LogP contribution in [0.5, 0.6) is 5.75 Å². The molecular formula is C32H40F3N7O5. The molecule has 0 bridgehead atoms. The van der Waals surface area contributed by atoms with Gasteiger partial charge in [-0.3, -0.25) is 0 Å². The van der Waals surface area contributed by atoms with Crippen LogP contribution in [0.1, 0.15) is 70.2 Å². The number of benzene rings is 1. The van der Waals surface area contributed by atoms with Gasteiger partial charge in [0, 0.05) is 50.7 Å². The Balaban J connectivity index is 1.06. The maximum absolute atomic E-state index is 14.9. The zero-order valence-electron chi connectivity index (χ0n) is 26.9. The number of aromatic nitrogens is 4. The van der Waals surface area contributed by atoms with E-state index in [1.165, 1.54) is 0 Å². The zero-order valence-corrected chi connectivity index (χ0v) is 26.9. The molecule has 0 saturated carbocycles. The second-order valence-corrected chi connectivity index (χ2v) is 13.4. The summed E-state index contributed by atoms with van der Waals surface area (Å²) >= 11 is 0. The van der Waals surface area contributed by atoms with Gasteiger partial charge in [0.1, 0.15) is 11.4 Å². The quantitative estimate of drug-likeness (QED) is 0.330. The summed E-state index contributed by atoms with van der Waals surface area (Å²) in [5.41, 5.74) is -0.823. The molecule has 0 aliphatic carbocycles. The van der Waals surface area contributed by atoms with E-state index >= 15 is 0 Å². The van der Waals surface area contributed by atoms with Crippen molar-refractivity contribution in [3.8, 4) is 5.75 Å². The number of alkyl carbamates (subject to hydrolysis) is 1. The number of nitrogens with one attached hydrogen (secondary N) is 1. The fraction of sp³-hybridized carbons (Fsp3) is 0.594. The largest absolute Gasteiger partial charge is 0.487 e. The number of anilines is 2. The second kappa shape index (κ2) is 13.5. The predicted octanol–water partition coefficient (Wildman–Crippen LogP) is 4.96. The van der Waals surface area contributed by atoms with E-state index in [2.05, 4.69) is 30.3 Å². The molecule has 0 unspecified atom stereocenters. The maximum atomic E-state index is 14.9. The number of amides is 1. The number of hydrogen-bond acceptors (Lipinski definition) is 11. The van der Waals surface area contributed by atoms with Crippen LogP contribution in [0.4, 0.5) is 29.9 Å². The number of hydrogen-bond donors (Lipinski definition) is 1.